The van der Waals surface area contributed by atoms with Gasteiger partial charge in [0.15, 0.2) is 17.2 Å². The normalized spacial score (nSPS) is 11.1. The number of nitrogens with zero attached hydrogens (tertiary/aromatic N) is 2. The number of halogens is 1. The molecule has 0 radical (unpaired) electrons. The number of methoxy groups -OCH3 is 1. The Kier molecular flexibility index (Phi) is 3.30. The third-order valence-corrected chi connectivity index (χ3v) is 3.11. The van der Waals surface area contributed by atoms with E-state index in [1.54, 1.807) is 19.2 Å². The Bertz CT molecular complexity index is 770. The van der Waals surface area contributed by atoms with E-state index in [-0.39, 0.29) is 0 Å². The zero-order valence-corrected chi connectivity index (χ0v) is 11.5. The average Bonchev–Trinajstić information content (AvgIpc) is 2.84. The average molecular weight is 290 g/mol. The van der Waals surface area contributed by atoms with Gasteiger partial charge >= 0.3 is 0 Å². The molecule has 6 heteroatoms. The van der Waals surface area contributed by atoms with Crippen LogP contribution in [0.5, 0.6) is 0 Å². The van der Waals surface area contributed by atoms with E-state index in [1.807, 2.05) is 18.2 Å². The lowest BCUT2D eigenvalue weighted by Crippen LogP contribution is -2.02. The van der Waals surface area contributed by atoms with Gasteiger partial charge in [0.1, 0.15) is 18.1 Å². The Balaban J connectivity index is 2.12. The van der Waals surface area contributed by atoms with Gasteiger partial charge in [-0.15, -0.1) is 0 Å². The van der Waals surface area contributed by atoms with Crippen LogP contribution in [-0.4, -0.2) is 17.1 Å². The topological polar surface area (TPSA) is 74.2 Å². The number of fused-ring (bicyclic) bond motifs is 1. The molecule has 0 aliphatic heterocycles. The SMILES string of the molecule is COCc1nc(N)cc(-c2cc3cccc(Cl)c3o2)n1. The maximum Gasteiger partial charge on any atom is 0.157 e. The molecule has 102 valence electrons. The number of rotatable bonds is 3. The van der Waals surface area contributed by atoms with Crippen molar-refractivity contribution >= 4 is 28.4 Å². The molecule has 3 rings (SSSR count). The van der Waals surface area contributed by atoms with Gasteiger partial charge in [-0.1, -0.05) is 23.7 Å². The van der Waals surface area contributed by atoms with Gasteiger partial charge in [-0.2, -0.15) is 0 Å². The van der Waals surface area contributed by atoms with Crippen LogP contribution in [0.4, 0.5) is 5.82 Å². The highest BCUT2D eigenvalue weighted by atomic mass is 35.5. The number of hydrogen-bond acceptors (Lipinski definition) is 5. The molecule has 2 aromatic heterocycles. The van der Waals surface area contributed by atoms with Crippen LogP contribution in [0.1, 0.15) is 5.82 Å². The van der Waals surface area contributed by atoms with Crippen LogP contribution in [0.3, 0.4) is 0 Å². The number of ether oxygens (including phenoxy) is 1. The molecule has 0 spiro atoms. The summed E-state index contributed by atoms with van der Waals surface area (Å²) in [6, 6.07) is 9.11. The van der Waals surface area contributed by atoms with Crippen molar-refractivity contribution in [3.63, 3.8) is 0 Å². The molecule has 0 unspecified atom stereocenters. The lowest BCUT2D eigenvalue weighted by Gasteiger charge is -2.02. The number of benzene rings is 1. The fourth-order valence-electron chi connectivity index (χ4n) is 1.99. The summed E-state index contributed by atoms with van der Waals surface area (Å²) in [5, 5.41) is 1.48. The molecular weight excluding hydrogens is 278 g/mol. The van der Waals surface area contributed by atoms with E-state index in [0.717, 1.165) is 5.39 Å². The van der Waals surface area contributed by atoms with Crippen molar-refractivity contribution < 1.29 is 9.15 Å². The number of para-hydroxylation sites is 1. The Morgan fingerprint density at radius 3 is 2.90 bits per heavy atom. The summed E-state index contributed by atoms with van der Waals surface area (Å²) in [5.74, 6) is 1.47. The summed E-state index contributed by atoms with van der Waals surface area (Å²) in [5.41, 5.74) is 7.02. The number of furan rings is 1. The molecule has 0 saturated heterocycles. The molecule has 0 amide bonds. The predicted octanol–water partition coefficient (Wildman–Crippen LogP) is 3.27. The molecule has 5 nitrogen and oxygen atoms in total. The first kappa shape index (κ1) is 12.9. The molecule has 1 aromatic carbocycles. The highest BCUT2D eigenvalue weighted by molar-refractivity contribution is 6.34. The lowest BCUT2D eigenvalue weighted by molar-refractivity contribution is 0.178. The minimum absolute atomic E-state index is 0.291. The maximum absolute atomic E-state index is 6.10. The third-order valence-electron chi connectivity index (χ3n) is 2.81. The molecule has 0 aliphatic rings. The standard InChI is InChI=1S/C14H12ClN3O2/c1-19-7-13-17-10(6-12(16)18-13)11-5-8-3-2-4-9(15)14(8)20-11/h2-6H,7H2,1H3,(H2,16,17,18). The van der Waals surface area contributed by atoms with Gasteiger partial charge in [0.05, 0.1) is 5.02 Å². The minimum Gasteiger partial charge on any atom is -0.453 e. The highest BCUT2D eigenvalue weighted by Gasteiger charge is 2.12. The van der Waals surface area contributed by atoms with E-state index in [1.165, 1.54) is 0 Å². The highest BCUT2D eigenvalue weighted by Crippen LogP contribution is 2.31. The number of nitrogens with two attached hydrogens (primary N) is 1. The smallest absolute Gasteiger partial charge is 0.157 e. The second kappa shape index (κ2) is 5.11. The third kappa shape index (κ3) is 2.33. The summed E-state index contributed by atoms with van der Waals surface area (Å²) in [6.07, 6.45) is 0. The summed E-state index contributed by atoms with van der Waals surface area (Å²) < 4.78 is 10.8. The molecular formula is C14H12ClN3O2. The summed E-state index contributed by atoms with van der Waals surface area (Å²) >= 11 is 6.10. The summed E-state index contributed by atoms with van der Waals surface area (Å²) in [4.78, 5) is 8.46. The Morgan fingerprint density at radius 1 is 1.30 bits per heavy atom. The molecule has 0 bridgehead atoms. The van der Waals surface area contributed by atoms with Crippen molar-refractivity contribution in [2.24, 2.45) is 0 Å². The van der Waals surface area contributed by atoms with Crippen LogP contribution in [-0.2, 0) is 11.3 Å². The molecule has 2 N–H and O–H groups in total. The van der Waals surface area contributed by atoms with Crippen molar-refractivity contribution in [2.45, 2.75) is 6.61 Å². The summed E-state index contributed by atoms with van der Waals surface area (Å²) in [7, 11) is 1.58. The zero-order valence-electron chi connectivity index (χ0n) is 10.8. The number of hydrogen-bond donors (Lipinski definition) is 1. The van der Waals surface area contributed by atoms with Crippen LogP contribution in [0.25, 0.3) is 22.4 Å². The monoisotopic (exact) mass is 289 g/mol. The first-order valence-electron chi connectivity index (χ1n) is 5.98. The predicted molar refractivity (Wildman–Crippen MR) is 77.4 cm³/mol. The van der Waals surface area contributed by atoms with E-state index in [4.69, 9.17) is 26.5 Å². The lowest BCUT2D eigenvalue weighted by atomic mass is 10.2. The first-order valence-corrected chi connectivity index (χ1v) is 6.36. The molecule has 0 aliphatic carbocycles. The Hall–Kier alpha value is -2.11. The van der Waals surface area contributed by atoms with Crippen LogP contribution in [0, 0.1) is 0 Å². The van der Waals surface area contributed by atoms with Crippen molar-refractivity contribution in [1.29, 1.82) is 0 Å². The van der Waals surface area contributed by atoms with Gasteiger partial charge in [-0.05, 0) is 12.1 Å². The van der Waals surface area contributed by atoms with Crippen LogP contribution in [0.15, 0.2) is 34.7 Å². The Morgan fingerprint density at radius 2 is 2.15 bits per heavy atom. The van der Waals surface area contributed by atoms with Gasteiger partial charge in [-0.3, -0.25) is 0 Å². The van der Waals surface area contributed by atoms with Crippen LogP contribution >= 0.6 is 11.6 Å². The quantitative estimate of drug-likeness (QED) is 0.801. The van der Waals surface area contributed by atoms with Crippen molar-refractivity contribution in [3.05, 3.63) is 41.2 Å². The second-order valence-corrected chi connectivity index (χ2v) is 4.70. The van der Waals surface area contributed by atoms with Crippen molar-refractivity contribution in [3.8, 4) is 11.5 Å². The Labute approximate surface area is 120 Å². The largest absolute Gasteiger partial charge is 0.453 e. The van der Waals surface area contributed by atoms with Crippen molar-refractivity contribution in [2.75, 3.05) is 12.8 Å². The van der Waals surface area contributed by atoms with E-state index >= 15 is 0 Å². The molecule has 20 heavy (non-hydrogen) atoms. The zero-order chi connectivity index (χ0) is 14.1. The first-order chi connectivity index (χ1) is 9.67. The molecule has 0 fully saturated rings. The van der Waals surface area contributed by atoms with E-state index in [9.17, 15) is 0 Å². The van der Waals surface area contributed by atoms with Gasteiger partial charge in [-0.25, -0.2) is 9.97 Å². The molecule has 0 saturated carbocycles. The molecule has 3 aromatic rings. The fourth-order valence-corrected chi connectivity index (χ4v) is 2.21. The van der Waals surface area contributed by atoms with Gasteiger partial charge < -0.3 is 14.9 Å². The van der Waals surface area contributed by atoms with E-state index in [0.29, 0.717) is 40.3 Å². The number of anilines is 1. The summed E-state index contributed by atoms with van der Waals surface area (Å²) in [6.45, 7) is 0.291. The van der Waals surface area contributed by atoms with Crippen molar-refractivity contribution in [1.82, 2.24) is 9.97 Å². The maximum atomic E-state index is 6.10. The van der Waals surface area contributed by atoms with Gasteiger partial charge in [0, 0.05) is 18.6 Å². The van der Waals surface area contributed by atoms with E-state index < -0.39 is 0 Å². The number of nitrogen functional groups attached to an aromatic ring is 1. The fraction of sp³-hybridized carbons (Fsp3) is 0.143. The number of aromatic nitrogens is 2. The van der Waals surface area contributed by atoms with Crippen LogP contribution in [0.2, 0.25) is 5.02 Å². The minimum atomic E-state index is 0.291. The second-order valence-electron chi connectivity index (χ2n) is 4.30. The molecule has 2 heterocycles. The van der Waals surface area contributed by atoms with Gasteiger partial charge in [0.25, 0.3) is 0 Å². The molecule has 0 atom stereocenters. The van der Waals surface area contributed by atoms with E-state index in [2.05, 4.69) is 9.97 Å². The van der Waals surface area contributed by atoms with Gasteiger partial charge in [0.2, 0.25) is 0 Å². The van der Waals surface area contributed by atoms with Crippen LogP contribution < -0.4 is 5.73 Å².